The zero-order chi connectivity index (χ0) is 19.2. The lowest BCUT2D eigenvalue weighted by atomic mass is 10.0. The van der Waals surface area contributed by atoms with Crippen LogP contribution in [0.25, 0.3) is 0 Å². The number of carbonyl (C=O) groups excluding carboxylic acids is 1. The van der Waals surface area contributed by atoms with Gasteiger partial charge in [0.05, 0.1) is 18.6 Å². The van der Waals surface area contributed by atoms with Crippen LogP contribution in [0.15, 0.2) is 60.7 Å². The molecule has 1 amide bonds. The van der Waals surface area contributed by atoms with E-state index >= 15 is 0 Å². The summed E-state index contributed by atoms with van der Waals surface area (Å²) in [6, 6.07) is 18.8. The van der Waals surface area contributed by atoms with Gasteiger partial charge in [-0.1, -0.05) is 50.2 Å². The van der Waals surface area contributed by atoms with E-state index in [2.05, 4.69) is 0 Å². The third-order valence-electron chi connectivity index (χ3n) is 4.89. The Morgan fingerprint density at radius 2 is 1.67 bits per heavy atom. The second-order valence-corrected chi connectivity index (χ2v) is 7.33. The second kappa shape index (κ2) is 8.91. The molecule has 0 unspecified atom stereocenters. The Labute approximate surface area is 161 Å². The number of nitrogens with zero attached hydrogens (tertiary/aromatic N) is 1. The lowest BCUT2D eigenvalue weighted by Crippen LogP contribution is -2.50. The molecule has 0 aromatic heterocycles. The Bertz CT molecular complexity index is 721. The molecule has 3 atom stereocenters. The van der Waals surface area contributed by atoms with Gasteiger partial charge in [0, 0.05) is 6.42 Å². The number of para-hydroxylation sites is 2. The molecule has 5 nitrogen and oxygen atoms in total. The Hall–Kier alpha value is -2.53. The molecule has 3 rings (SSSR count). The molecule has 27 heavy (non-hydrogen) atoms. The van der Waals surface area contributed by atoms with E-state index in [1.54, 1.807) is 0 Å². The van der Waals surface area contributed by atoms with Gasteiger partial charge in [0.1, 0.15) is 24.2 Å². The highest BCUT2D eigenvalue weighted by molar-refractivity contribution is 5.82. The molecule has 5 heteroatoms. The van der Waals surface area contributed by atoms with Crippen molar-refractivity contribution in [2.24, 2.45) is 11.7 Å². The average Bonchev–Trinajstić information content (AvgIpc) is 3.09. The zero-order valence-electron chi connectivity index (χ0n) is 16.0. The first-order valence-corrected chi connectivity index (χ1v) is 9.50. The molecule has 2 aromatic carbocycles. The maximum absolute atomic E-state index is 12.9. The number of hydrogen-bond acceptors (Lipinski definition) is 4. The zero-order valence-corrected chi connectivity index (χ0v) is 16.0. The third kappa shape index (κ3) is 5.01. The summed E-state index contributed by atoms with van der Waals surface area (Å²) in [7, 11) is 0. The van der Waals surface area contributed by atoms with Crippen molar-refractivity contribution in [1.82, 2.24) is 4.90 Å². The molecule has 2 aromatic rings. The van der Waals surface area contributed by atoms with E-state index in [4.69, 9.17) is 15.2 Å². The fourth-order valence-electron chi connectivity index (χ4n) is 3.26. The van der Waals surface area contributed by atoms with Crippen molar-refractivity contribution in [2.75, 3.05) is 13.2 Å². The first-order chi connectivity index (χ1) is 13.0. The first-order valence-electron chi connectivity index (χ1n) is 9.50. The van der Waals surface area contributed by atoms with Gasteiger partial charge in [-0.15, -0.1) is 0 Å². The fraction of sp³-hybridized carbons (Fsp3) is 0.409. The summed E-state index contributed by atoms with van der Waals surface area (Å²) >= 11 is 0. The number of benzene rings is 2. The van der Waals surface area contributed by atoms with Crippen LogP contribution >= 0.6 is 0 Å². The van der Waals surface area contributed by atoms with E-state index in [1.807, 2.05) is 79.4 Å². The molecule has 1 saturated heterocycles. The van der Waals surface area contributed by atoms with Crippen LogP contribution in [0.5, 0.6) is 11.5 Å². The lowest BCUT2D eigenvalue weighted by Gasteiger charge is -2.28. The summed E-state index contributed by atoms with van der Waals surface area (Å²) in [4.78, 5) is 14.7. The highest BCUT2D eigenvalue weighted by atomic mass is 16.5. The highest BCUT2D eigenvalue weighted by Gasteiger charge is 2.39. The molecule has 1 fully saturated rings. The van der Waals surface area contributed by atoms with Crippen molar-refractivity contribution >= 4 is 5.91 Å². The summed E-state index contributed by atoms with van der Waals surface area (Å²) in [6.45, 7) is 4.88. The quantitative estimate of drug-likeness (QED) is 0.816. The number of hydrogen-bond donors (Lipinski definition) is 1. The molecule has 1 heterocycles. The second-order valence-electron chi connectivity index (χ2n) is 7.33. The summed E-state index contributed by atoms with van der Waals surface area (Å²) in [5, 5.41) is 0. The minimum absolute atomic E-state index is 0.0363. The summed E-state index contributed by atoms with van der Waals surface area (Å²) in [6.07, 6.45) is 0.651. The monoisotopic (exact) mass is 368 g/mol. The average molecular weight is 368 g/mol. The van der Waals surface area contributed by atoms with Crippen LogP contribution < -0.4 is 15.2 Å². The van der Waals surface area contributed by atoms with Gasteiger partial charge in [-0.25, -0.2) is 0 Å². The molecule has 1 aliphatic rings. The van der Waals surface area contributed by atoms with Crippen LogP contribution in [0.1, 0.15) is 20.3 Å². The predicted molar refractivity (Wildman–Crippen MR) is 106 cm³/mol. The normalized spacial score (nSPS) is 20.5. The Kier molecular flexibility index (Phi) is 6.35. The van der Waals surface area contributed by atoms with Gasteiger partial charge in [-0.05, 0) is 30.2 Å². The molecule has 0 radical (unpaired) electrons. The van der Waals surface area contributed by atoms with Crippen LogP contribution in [0, 0.1) is 5.92 Å². The maximum atomic E-state index is 12.9. The van der Waals surface area contributed by atoms with E-state index < -0.39 is 6.04 Å². The Morgan fingerprint density at radius 3 is 2.26 bits per heavy atom. The van der Waals surface area contributed by atoms with Gasteiger partial charge in [-0.2, -0.15) is 0 Å². The topological polar surface area (TPSA) is 64.8 Å². The summed E-state index contributed by atoms with van der Waals surface area (Å²) < 4.78 is 12.0. The van der Waals surface area contributed by atoms with E-state index in [0.29, 0.717) is 13.2 Å². The van der Waals surface area contributed by atoms with Crippen molar-refractivity contribution < 1.29 is 14.3 Å². The summed E-state index contributed by atoms with van der Waals surface area (Å²) in [5.74, 6) is 1.66. The SMILES string of the molecule is CC(C)[C@H](N)C(=O)N1C[C@@H](Oc2ccccc2)C[C@H]1COc1ccccc1. The highest BCUT2D eigenvalue weighted by Crippen LogP contribution is 2.25. The molecule has 0 spiro atoms. The van der Waals surface area contributed by atoms with Crippen molar-refractivity contribution in [1.29, 1.82) is 0 Å². The predicted octanol–water partition coefficient (Wildman–Crippen LogP) is 3.10. The Balaban J connectivity index is 1.69. The molecule has 0 saturated carbocycles. The minimum Gasteiger partial charge on any atom is -0.491 e. The molecule has 144 valence electrons. The van der Waals surface area contributed by atoms with Gasteiger partial charge in [-0.3, -0.25) is 4.79 Å². The maximum Gasteiger partial charge on any atom is 0.240 e. The van der Waals surface area contributed by atoms with Gasteiger partial charge in [0.2, 0.25) is 5.91 Å². The van der Waals surface area contributed by atoms with Crippen LogP contribution in [-0.2, 0) is 4.79 Å². The number of nitrogens with two attached hydrogens (primary N) is 1. The van der Waals surface area contributed by atoms with Crippen molar-refractivity contribution in [2.45, 2.75) is 38.5 Å². The van der Waals surface area contributed by atoms with Crippen LogP contribution in [0.4, 0.5) is 0 Å². The largest absolute Gasteiger partial charge is 0.491 e. The van der Waals surface area contributed by atoms with Crippen molar-refractivity contribution in [3.63, 3.8) is 0 Å². The van der Waals surface area contributed by atoms with Gasteiger partial charge in [0.15, 0.2) is 0 Å². The minimum atomic E-state index is -0.514. The van der Waals surface area contributed by atoms with Gasteiger partial charge in [0.25, 0.3) is 0 Å². The van der Waals surface area contributed by atoms with E-state index in [-0.39, 0.29) is 24.0 Å². The fourth-order valence-corrected chi connectivity index (χ4v) is 3.26. The molecular formula is C22H28N2O3. The van der Waals surface area contributed by atoms with E-state index in [1.165, 1.54) is 0 Å². The molecular weight excluding hydrogens is 340 g/mol. The molecule has 0 bridgehead atoms. The standard InChI is InChI=1S/C22H28N2O3/c1-16(2)21(23)22(25)24-14-20(27-19-11-7-4-8-12-19)13-17(24)15-26-18-9-5-3-6-10-18/h3-12,16-17,20-21H,13-15,23H2,1-2H3/t17-,20-,21-/m0/s1. The number of amides is 1. The number of rotatable bonds is 7. The van der Waals surface area contributed by atoms with Crippen LogP contribution in [0.3, 0.4) is 0 Å². The van der Waals surface area contributed by atoms with Crippen LogP contribution in [-0.4, -0.2) is 42.1 Å². The van der Waals surface area contributed by atoms with Crippen molar-refractivity contribution in [3.05, 3.63) is 60.7 Å². The number of carbonyl (C=O) groups is 1. The smallest absolute Gasteiger partial charge is 0.240 e. The van der Waals surface area contributed by atoms with Gasteiger partial charge < -0.3 is 20.1 Å². The molecule has 1 aliphatic heterocycles. The number of likely N-dealkylation sites (tertiary alicyclic amines) is 1. The van der Waals surface area contributed by atoms with Gasteiger partial charge >= 0.3 is 0 Å². The van der Waals surface area contributed by atoms with E-state index in [0.717, 1.165) is 17.9 Å². The van der Waals surface area contributed by atoms with E-state index in [9.17, 15) is 4.79 Å². The number of ether oxygens (including phenoxy) is 2. The summed E-state index contributed by atoms with van der Waals surface area (Å²) in [5.41, 5.74) is 6.13. The van der Waals surface area contributed by atoms with Crippen molar-refractivity contribution in [3.8, 4) is 11.5 Å². The van der Waals surface area contributed by atoms with Crippen LogP contribution in [0.2, 0.25) is 0 Å². The first kappa shape index (κ1) is 19.2. The third-order valence-corrected chi connectivity index (χ3v) is 4.89. The molecule has 0 aliphatic carbocycles. The Morgan fingerprint density at radius 1 is 1.07 bits per heavy atom. The molecule has 2 N–H and O–H groups in total. The lowest BCUT2D eigenvalue weighted by molar-refractivity contribution is -0.135.